The lowest BCUT2D eigenvalue weighted by Gasteiger charge is -2.20. The van der Waals surface area contributed by atoms with Crippen molar-refractivity contribution in [1.82, 2.24) is 9.88 Å². The highest BCUT2D eigenvalue weighted by molar-refractivity contribution is 5.96. The minimum absolute atomic E-state index is 0.206. The van der Waals surface area contributed by atoms with Crippen LogP contribution in [0.1, 0.15) is 21.6 Å². The van der Waals surface area contributed by atoms with E-state index in [0.717, 1.165) is 11.3 Å². The van der Waals surface area contributed by atoms with Gasteiger partial charge in [-0.05, 0) is 36.8 Å². The third-order valence-corrected chi connectivity index (χ3v) is 3.64. The number of carbonyl (C=O) groups is 2. The van der Waals surface area contributed by atoms with Crippen LogP contribution in [0.3, 0.4) is 0 Å². The van der Waals surface area contributed by atoms with Crippen LogP contribution in [0.5, 0.6) is 5.75 Å². The van der Waals surface area contributed by atoms with Crippen LogP contribution >= 0.6 is 0 Å². The fraction of sp³-hybridized carbons (Fsp3) is 0.316. The van der Waals surface area contributed by atoms with Crippen LogP contribution in [-0.4, -0.2) is 53.7 Å². The first-order valence-corrected chi connectivity index (χ1v) is 8.14. The molecule has 1 amide bonds. The van der Waals surface area contributed by atoms with E-state index in [1.807, 2.05) is 25.1 Å². The molecule has 138 valence electrons. The number of methoxy groups -OCH3 is 1. The standard InChI is InChI=1S/C19H22N2O5/c1-14-6-7-17(11-20-14)26-13-15-4-3-5-16(10-15)19(24)21(8-9-25-2)12-18(22)23/h3-7,10-11H,8-9,12-13H2,1-2H3,(H,22,23). The number of carbonyl (C=O) groups excluding carboxylic acids is 1. The van der Waals surface area contributed by atoms with Gasteiger partial charge in [-0.25, -0.2) is 0 Å². The summed E-state index contributed by atoms with van der Waals surface area (Å²) in [5.41, 5.74) is 2.11. The Morgan fingerprint density at radius 1 is 1.23 bits per heavy atom. The third-order valence-electron chi connectivity index (χ3n) is 3.64. The van der Waals surface area contributed by atoms with Crippen molar-refractivity contribution in [3.63, 3.8) is 0 Å². The average molecular weight is 358 g/mol. The summed E-state index contributed by atoms with van der Waals surface area (Å²) < 4.78 is 10.6. The number of carboxylic acids is 1. The molecule has 0 aliphatic carbocycles. The Morgan fingerprint density at radius 2 is 2.04 bits per heavy atom. The molecule has 0 aliphatic rings. The smallest absolute Gasteiger partial charge is 0.323 e. The Bertz CT molecular complexity index is 746. The van der Waals surface area contributed by atoms with Gasteiger partial charge in [0.15, 0.2) is 0 Å². The van der Waals surface area contributed by atoms with Crippen molar-refractivity contribution in [3.8, 4) is 5.75 Å². The number of aryl methyl sites for hydroxylation is 1. The second kappa shape index (κ2) is 9.53. The van der Waals surface area contributed by atoms with Gasteiger partial charge in [0.2, 0.25) is 0 Å². The Morgan fingerprint density at radius 3 is 2.69 bits per heavy atom. The number of amides is 1. The number of benzene rings is 1. The molecular formula is C19H22N2O5. The van der Waals surface area contributed by atoms with Crippen LogP contribution in [0.15, 0.2) is 42.6 Å². The Kier molecular flexibility index (Phi) is 7.11. The first kappa shape index (κ1) is 19.4. The van der Waals surface area contributed by atoms with Gasteiger partial charge in [0.1, 0.15) is 18.9 Å². The SMILES string of the molecule is COCCN(CC(=O)O)C(=O)c1cccc(COc2ccc(C)nc2)c1. The van der Waals surface area contributed by atoms with Crippen LogP contribution in [-0.2, 0) is 16.1 Å². The summed E-state index contributed by atoms with van der Waals surface area (Å²) in [5, 5.41) is 9.00. The van der Waals surface area contributed by atoms with Gasteiger partial charge in [0.05, 0.1) is 12.8 Å². The normalized spacial score (nSPS) is 10.4. The number of carboxylic acid groups (broad SMARTS) is 1. The first-order chi connectivity index (χ1) is 12.5. The molecule has 1 heterocycles. The molecule has 1 aromatic heterocycles. The number of rotatable bonds is 9. The summed E-state index contributed by atoms with van der Waals surface area (Å²) in [4.78, 5) is 29.0. The van der Waals surface area contributed by atoms with Gasteiger partial charge >= 0.3 is 5.97 Å². The van der Waals surface area contributed by atoms with Crippen LogP contribution in [0, 0.1) is 6.92 Å². The molecular weight excluding hydrogens is 336 g/mol. The highest BCUT2D eigenvalue weighted by Crippen LogP contribution is 2.14. The highest BCUT2D eigenvalue weighted by atomic mass is 16.5. The number of nitrogens with zero attached hydrogens (tertiary/aromatic N) is 2. The maximum absolute atomic E-state index is 12.6. The van der Waals surface area contributed by atoms with E-state index in [1.54, 1.807) is 24.4 Å². The molecule has 0 atom stereocenters. The van der Waals surface area contributed by atoms with E-state index < -0.39 is 5.97 Å². The number of aliphatic carboxylic acids is 1. The fourth-order valence-electron chi connectivity index (χ4n) is 2.30. The van der Waals surface area contributed by atoms with E-state index in [0.29, 0.717) is 11.3 Å². The minimum atomic E-state index is -1.07. The third kappa shape index (κ3) is 5.86. The summed E-state index contributed by atoms with van der Waals surface area (Å²) in [6, 6.07) is 10.6. The van der Waals surface area contributed by atoms with Crippen LogP contribution in [0.4, 0.5) is 0 Å². The van der Waals surface area contributed by atoms with E-state index in [1.165, 1.54) is 12.0 Å². The predicted octanol–water partition coefficient (Wildman–Crippen LogP) is 2.14. The average Bonchev–Trinajstić information content (AvgIpc) is 2.64. The van der Waals surface area contributed by atoms with Crippen molar-refractivity contribution in [3.05, 3.63) is 59.4 Å². The summed E-state index contributed by atoms with van der Waals surface area (Å²) in [5.74, 6) is -0.788. The van der Waals surface area contributed by atoms with Crippen molar-refractivity contribution < 1.29 is 24.2 Å². The van der Waals surface area contributed by atoms with Crippen LogP contribution in [0.2, 0.25) is 0 Å². The summed E-state index contributed by atoms with van der Waals surface area (Å²) in [6.07, 6.45) is 1.64. The number of aromatic nitrogens is 1. The van der Waals surface area contributed by atoms with Crippen molar-refractivity contribution in [2.75, 3.05) is 26.8 Å². The topological polar surface area (TPSA) is 89.0 Å². The van der Waals surface area contributed by atoms with E-state index in [4.69, 9.17) is 14.6 Å². The van der Waals surface area contributed by atoms with Gasteiger partial charge in [0, 0.05) is 24.9 Å². The summed E-state index contributed by atoms with van der Waals surface area (Å²) >= 11 is 0. The van der Waals surface area contributed by atoms with Crippen LogP contribution in [0.25, 0.3) is 0 Å². The van der Waals surface area contributed by atoms with E-state index in [2.05, 4.69) is 4.98 Å². The van der Waals surface area contributed by atoms with Gasteiger partial charge in [-0.1, -0.05) is 12.1 Å². The molecule has 0 bridgehead atoms. The molecule has 0 radical (unpaired) electrons. The van der Waals surface area contributed by atoms with Gasteiger partial charge in [0.25, 0.3) is 5.91 Å². The highest BCUT2D eigenvalue weighted by Gasteiger charge is 2.18. The van der Waals surface area contributed by atoms with Gasteiger partial charge in [-0.2, -0.15) is 0 Å². The zero-order valence-electron chi connectivity index (χ0n) is 14.8. The molecule has 2 aromatic rings. The molecule has 0 aliphatic heterocycles. The second-order valence-electron chi connectivity index (χ2n) is 5.74. The molecule has 1 N–H and O–H groups in total. The Labute approximate surface area is 152 Å². The summed E-state index contributed by atoms with van der Waals surface area (Å²) in [6.45, 7) is 2.27. The number of pyridine rings is 1. The predicted molar refractivity (Wildman–Crippen MR) is 95.2 cm³/mol. The second-order valence-corrected chi connectivity index (χ2v) is 5.74. The van der Waals surface area contributed by atoms with E-state index in [9.17, 15) is 9.59 Å². The summed E-state index contributed by atoms with van der Waals surface area (Å²) in [7, 11) is 1.50. The van der Waals surface area contributed by atoms with Gasteiger partial charge < -0.3 is 19.5 Å². The lowest BCUT2D eigenvalue weighted by Crippen LogP contribution is -2.38. The number of hydrogen-bond donors (Lipinski definition) is 1. The van der Waals surface area contributed by atoms with Gasteiger partial charge in [-0.3, -0.25) is 14.6 Å². The zero-order valence-corrected chi connectivity index (χ0v) is 14.8. The zero-order chi connectivity index (χ0) is 18.9. The fourth-order valence-corrected chi connectivity index (χ4v) is 2.30. The first-order valence-electron chi connectivity index (χ1n) is 8.14. The molecule has 1 aromatic carbocycles. The van der Waals surface area contributed by atoms with Gasteiger partial charge in [-0.15, -0.1) is 0 Å². The van der Waals surface area contributed by atoms with Crippen molar-refractivity contribution >= 4 is 11.9 Å². The van der Waals surface area contributed by atoms with Crippen LogP contribution < -0.4 is 4.74 Å². The molecule has 0 saturated heterocycles. The molecule has 0 fully saturated rings. The maximum atomic E-state index is 12.6. The Balaban J connectivity index is 2.06. The van der Waals surface area contributed by atoms with E-state index >= 15 is 0 Å². The van der Waals surface area contributed by atoms with Crippen molar-refractivity contribution in [2.45, 2.75) is 13.5 Å². The quantitative estimate of drug-likeness (QED) is 0.739. The van der Waals surface area contributed by atoms with Crippen molar-refractivity contribution in [1.29, 1.82) is 0 Å². The monoisotopic (exact) mass is 358 g/mol. The minimum Gasteiger partial charge on any atom is -0.487 e. The number of hydrogen-bond acceptors (Lipinski definition) is 5. The Hall–Kier alpha value is -2.93. The largest absolute Gasteiger partial charge is 0.487 e. The molecule has 7 heteroatoms. The molecule has 0 spiro atoms. The molecule has 0 saturated carbocycles. The number of ether oxygens (including phenoxy) is 2. The molecule has 26 heavy (non-hydrogen) atoms. The molecule has 0 unspecified atom stereocenters. The molecule has 7 nitrogen and oxygen atoms in total. The van der Waals surface area contributed by atoms with Crippen molar-refractivity contribution in [2.24, 2.45) is 0 Å². The lowest BCUT2D eigenvalue weighted by atomic mass is 10.1. The lowest BCUT2D eigenvalue weighted by molar-refractivity contribution is -0.137. The van der Waals surface area contributed by atoms with E-state index in [-0.39, 0.29) is 32.2 Å². The molecule has 2 rings (SSSR count). The maximum Gasteiger partial charge on any atom is 0.323 e.